The highest BCUT2D eigenvalue weighted by atomic mass is 16.4. The van der Waals surface area contributed by atoms with E-state index in [1.54, 1.807) is 0 Å². The second kappa shape index (κ2) is 5.80. The molecule has 1 unspecified atom stereocenters. The topological polar surface area (TPSA) is 78.4 Å². The van der Waals surface area contributed by atoms with Gasteiger partial charge in [0.1, 0.15) is 0 Å². The van der Waals surface area contributed by atoms with Gasteiger partial charge >= 0.3 is 12.0 Å². The van der Waals surface area contributed by atoms with Gasteiger partial charge in [0, 0.05) is 13.1 Å². The Labute approximate surface area is 115 Å². The summed E-state index contributed by atoms with van der Waals surface area (Å²) in [6, 6.07) is -0.268. The number of hydrogen-bond donors (Lipinski definition) is 3. The van der Waals surface area contributed by atoms with Crippen LogP contribution in [0.2, 0.25) is 0 Å². The number of nitrogens with one attached hydrogen (secondary N) is 2. The number of amides is 2. The molecule has 1 fully saturated rings. The molecule has 1 rings (SSSR count). The van der Waals surface area contributed by atoms with Gasteiger partial charge in [-0.1, -0.05) is 27.7 Å². The standard InChI is InChI=1S/C14H26N2O3/c1-5-14(6-2,11(17)18)9-16-12(19)15-8-10-7-13(10,3)4/h10H,5-9H2,1-4H3,(H,17,18)(H2,15,16,19). The lowest BCUT2D eigenvalue weighted by Gasteiger charge is -2.26. The molecule has 1 aliphatic rings. The lowest BCUT2D eigenvalue weighted by atomic mass is 9.82. The minimum atomic E-state index is -0.851. The molecule has 0 bridgehead atoms. The third-order valence-corrected chi connectivity index (χ3v) is 4.62. The van der Waals surface area contributed by atoms with Crippen LogP contribution in [-0.2, 0) is 4.79 Å². The fraction of sp³-hybridized carbons (Fsp3) is 0.857. The first-order chi connectivity index (χ1) is 8.77. The molecule has 1 atom stereocenters. The van der Waals surface area contributed by atoms with Crippen LogP contribution in [0.4, 0.5) is 4.79 Å². The van der Waals surface area contributed by atoms with Crippen molar-refractivity contribution in [3.63, 3.8) is 0 Å². The molecular weight excluding hydrogens is 244 g/mol. The summed E-state index contributed by atoms with van der Waals surface area (Å²) in [6.07, 6.45) is 2.15. The molecule has 0 aliphatic heterocycles. The number of aliphatic carboxylic acids is 1. The summed E-state index contributed by atoms with van der Waals surface area (Å²) in [6.45, 7) is 8.88. The van der Waals surface area contributed by atoms with Crippen molar-refractivity contribution < 1.29 is 14.7 Å². The zero-order valence-electron chi connectivity index (χ0n) is 12.4. The van der Waals surface area contributed by atoms with Gasteiger partial charge in [-0.3, -0.25) is 4.79 Å². The molecule has 0 radical (unpaired) electrons. The summed E-state index contributed by atoms with van der Waals surface area (Å²) in [5.41, 5.74) is -0.513. The smallest absolute Gasteiger partial charge is 0.314 e. The molecule has 1 aliphatic carbocycles. The van der Waals surface area contributed by atoms with Crippen LogP contribution in [0.1, 0.15) is 47.0 Å². The number of hydrogen-bond acceptors (Lipinski definition) is 2. The summed E-state index contributed by atoms with van der Waals surface area (Å²) in [4.78, 5) is 23.0. The van der Waals surface area contributed by atoms with Gasteiger partial charge in [-0.2, -0.15) is 0 Å². The van der Waals surface area contributed by atoms with Gasteiger partial charge in [-0.05, 0) is 30.6 Å². The average molecular weight is 270 g/mol. The zero-order valence-corrected chi connectivity index (χ0v) is 12.4. The van der Waals surface area contributed by atoms with Crippen molar-refractivity contribution in [1.82, 2.24) is 10.6 Å². The summed E-state index contributed by atoms with van der Waals surface area (Å²) >= 11 is 0. The highest BCUT2D eigenvalue weighted by Gasteiger charge is 2.45. The van der Waals surface area contributed by atoms with E-state index >= 15 is 0 Å². The Balaban J connectivity index is 2.34. The van der Waals surface area contributed by atoms with Crippen LogP contribution in [0.3, 0.4) is 0 Å². The fourth-order valence-corrected chi connectivity index (χ4v) is 2.33. The van der Waals surface area contributed by atoms with Crippen LogP contribution in [0, 0.1) is 16.7 Å². The third kappa shape index (κ3) is 3.85. The van der Waals surface area contributed by atoms with E-state index in [1.165, 1.54) is 0 Å². The van der Waals surface area contributed by atoms with E-state index in [1.807, 2.05) is 13.8 Å². The Kier molecular flexibility index (Phi) is 4.82. The van der Waals surface area contributed by atoms with Crippen LogP contribution in [0.15, 0.2) is 0 Å². The van der Waals surface area contributed by atoms with Gasteiger partial charge in [-0.25, -0.2) is 4.79 Å². The van der Waals surface area contributed by atoms with Gasteiger partial charge in [0.2, 0.25) is 0 Å². The highest BCUT2D eigenvalue weighted by molar-refractivity contribution is 5.78. The number of rotatable bonds is 7. The van der Waals surface area contributed by atoms with Crippen LogP contribution >= 0.6 is 0 Å². The van der Waals surface area contributed by atoms with E-state index in [4.69, 9.17) is 0 Å². The minimum absolute atomic E-state index is 0.176. The minimum Gasteiger partial charge on any atom is -0.481 e. The molecule has 19 heavy (non-hydrogen) atoms. The molecule has 1 saturated carbocycles. The highest BCUT2D eigenvalue weighted by Crippen LogP contribution is 2.50. The molecule has 0 spiro atoms. The zero-order chi connectivity index (χ0) is 14.7. The van der Waals surface area contributed by atoms with E-state index in [0.29, 0.717) is 30.7 Å². The maximum Gasteiger partial charge on any atom is 0.314 e. The Morgan fingerprint density at radius 1 is 1.26 bits per heavy atom. The van der Waals surface area contributed by atoms with E-state index in [-0.39, 0.29) is 12.6 Å². The number of carbonyl (C=O) groups is 2. The van der Waals surface area contributed by atoms with Crippen molar-refractivity contribution in [2.24, 2.45) is 16.7 Å². The molecule has 0 saturated heterocycles. The summed E-state index contributed by atoms with van der Waals surface area (Å²) < 4.78 is 0. The average Bonchev–Trinajstić information content (AvgIpc) is 2.96. The molecule has 0 heterocycles. The maximum absolute atomic E-state index is 11.7. The molecule has 0 aromatic rings. The first-order valence-electron chi connectivity index (χ1n) is 7.02. The van der Waals surface area contributed by atoms with Crippen molar-refractivity contribution in [2.45, 2.75) is 47.0 Å². The van der Waals surface area contributed by atoms with Crippen LogP contribution < -0.4 is 10.6 Å². The summed E-state index contributed by atoms with van der Waals surface area (Å²) in [5.74, 6) is -0.305. The van der Waals surface area contributed by atoms with Gasteiger partial charge in [0.05, 0.1) is 5.41 Å². The second-order valence-corrected chi connectivity index (χ2v) is 6.25. The predicted molar refractivity (Wildman–Crippen MR) is 73.9 cm³/mol. The van der Waals surface area contributed by atoms with Gasteiger partial charge in [-0.15, -0.1) is 0 Å². The van der Waals surface area contributed by atoms with E-state index in [9.17, 15) is 14.7 Å². The lowest BCUT2D eigenvalue weighted by Crippen LogP contribution is -2.46. The number of carbonyl (C=O) groups excluding carboxylic acids is 1. The summed E-state index contributed by atoms with van der Waals surface area (Å²) in [7, 11) is 0. The Morgan fingerprint density at radius 3 is 2.16 bits per heavy atom. The molecular formula is C14H26N2O3. The molecule has 5 heteroatoms. The quantitative estimate of drug-likeness (QED) is 0.663. The van der Waals surface area contributed by atoms with Crippen molar-refractivity contribution in [3.05, 3.63) is 0 Å². The van der Waals surface area contributed by atoms with Crippen molar-refractivity contribution in [2.75, 3.05) is 13.1 Å². The Morgan fingerprint density at radius 2 is 1.79 bits per heavy atom. The van der Waals surface area contributed by atoms with Crippen LogP contribution in [0.5, 0.6) is 0 Å². The third-order valence-electron chi connectivity index (χ3n) is 4.62. The van der Waals surface area contributed by atoms with Crippen molar-refractivity contribution in [1.29, 1.82) is 0 Å². The van der Waals surface area contributed by atoms with Crippen molar-refractivity contribution in [3.8, 4) is 0 Å². The Bertz CT molecular complexity index is 349. The normalized spacial score (nSPS) is 20.7. The van der Waals surface area contributed by atoms with E-state index in [0.717, 1.165) is 6.42 Å². The van der Waals surface area contributed by atoms with Crippen LogP contribution in [0.25, 0.3) is 0 Å². The number of carboxylic acid groups (broad SMARTS) is 1. The molecule has 3 N–H and O–H groups in total. The number of urea groups is 1. The van der Waals surface area contributed by atoms with Gasteiger partial charge < -0.3 is 15.7 Å². The molecule has 2 amide bonds. The van der Waals surface area contributed by atoms with E-state index in [2.05, 4.69) is 24.5 Å². The fourth-order valence-electron chi connectivity index (χ4n) is 2.33. The molecule has 0 aromatic heterocycles. The predicted octanol–water partition coefficient (Wildman–Crippen LogP) is 2.22. The van der Waals surface area contributed by atoms with Crippen LogP contribution in [-0.4, -0.2) is 30.2 Å². The van der Waals surface area contributed by atoms with Gasteiger partial charge in [0.15, 0.2) is 0 Å². The SMILES string of the molecule is CCC(CC)(CNC(=O)NCC1CC1(C)C)C(=O)O. The molecule has 5 nitrogen and oxygen atoms in total. The number of carboxylic acids is 1. The Hall–Kier alpha value is -1.26. The first-order valence-corrected chi connectivity index (χ1v) is 7.02. The maximum atomic E-state index is 11.7. The molecule has 110 valence electrons. The molecule has 0 aromatic carbocycles. The monoisotopic (exact) mass is 270 g/mol. The largest absolute Gasteiger partial charge is 0.481 e. The lowest BCUT2D eigenvalue weighted by molar-refractivity contribution is -0.149. The van der Waals surface area contributed by atoms with E-state index < -0.39 is 11.4 Å². The summed E-state index contributed by atoms with van der Waals surface area (Å²) in [5, 5.41) is 14.8. The second-order valence-electron chi connectivity index (χ2n) is 6.25. The first kappa shape index (κ1) is 15.8. The van der Waals surface area contributed by atoms with Gasteiger partial charge in [0.25, 0.3) is 0 Å². The van der Waals surface area contributed by atoms with Crippen molar-refractivity contribution >= 4 is 12.0 Å².